The molecule has 10 aromatic heterocycles. The minimum absolute atomic E-state index is 0. The second-order valence-electron chi connectivity index (χ2n) is 15.3. The number of hydrogen-bond donors (Lipinski definition) is 2. The summed E-state index contributed by atoms with van der Waals surface area (Å²) in [5, 5.41) is 10.9. The summed E-state index contributed by atoms with van der Waals surface area (Å²) in [6.07, 6.45) is 10.1. The second-order valence-corrected chi connectivity index (χ2v) is 18.5. The molecule has 0 aliphatic carbocycles. The van der Waals surface area contributed by atoms with Gasteiger partial charge < -0.3 is 25.0 Å². The molecule has 0 amide bonds. The van der Waals surface area contributed by atoms with Gasteiger partial charge in [0.1, 0.15) is 11.6 Å². The van der Waals surface area contributed by atoms with Crippen LogP contribution in [0.4, 0.5) is 55.4 Å². The molecule has 0 saturated heterocycles. The van der Waals surface area contributed by atoms with E-state index in [4.69, 9.17) is 17.3 Å². The number of alkyl halides is 7. The number of nitrogens with zero attached hydrogens (tertiary/aromatic N) is 17. The smallest absolute Gasteiger partial charge is 0.382 e. The van der Waals surface area contributed by atoms with Gasteiger partial charge in [-0.25, -0.2) is 29.9 Å². The zero-order valence-electron chi connectivity index (χ0n) is 42.1. The maximum absolute atomic E-state index is 12.7. The Morgan fingerprint density at radius 2 is 1.10 bits per heavy atom. The predicted octanol–water partition coefficient (Wildman–Crippen LogP) is 11.1. The molecule has 407 valence electrons. The van der Waals surface area contributed by atoms with Crippen LogP contribution in [-0.2, 0) is 24.2 Å². The summed E-state index contributed by atoms with van der Waals surface area (Å²) in [7, 11) is 0. The molecule has 0 bridgehead atoms. The van der Waals surface area contributed by atoms with Gasteiger partial charge in [0.05, 0.1) is 69.1 Å². The van der Waals surface area contributed by atoms with Gasteiger partial charge in [0.25, 0.3) is 0 Å². The molecule has 33 heteroatoms. The van der Waals surface area contributed by atoms with Crippen molar-refractivity contribution in [3.8, 4) is 21.4 Å². The molecular formula is C46H41BBrClF6N19O2S2U. The van der Waals surface area contributed by atoms with Gasteiger partial charge in [-0.2, -0.15) is 36.3 Å². The Bertz CT molecular complexity index is 3450. The van der Waals surface area contributed by atoms with Gasteiger partial charge in [0.2, 0.25) is 11.6 Å². The van der Waals surface area contributed by atoms with Gasteiger partial charge in [-0.3, -0.25) is 29.9 Å². The third-order valence-electron chi connectivity index (χ3n) is 9.17. The number of thiophene rings is 2. The molecule has 21 nitrogen and oxygen atoms in total. The summed E-state index contributed by atoms with van der Waals surface area (Å²) in [5.74, 6) is 0.175. The van der Waals surface area contributed by atoms with Gasteiger partial charge >= 0.3 is 24.1 Å². The summed E-state index contributed by atoms with van der Waals surface area (Å²) < 4.78 is 83.2. The Kier molecular flexibility index (Phi) is 24.8. The van der Waals surface area contributed by atoms with Crippen molar-refractivity contribution in [2.24, 2.45) is 0 Å². The molecule has 0 aromatic carbocycles. The van der Waals surface area contributed by atoms with Crippen molar-refractivity contribution >= 4 is 87.7 Å². The number of nitrogen functional groups attached to an aromatic ring is 1. The van der Waals surface area contributed by atoms with Gasteiger partial charge in [-0.1, -0.05) is 37.8 Å². The van der Waals surface area contributed by atoms with Gasteiger partial charge in [0.15, 0.2) is 22.6 Å². The second kappa shape index (κ2) is 30.4. The van der Waals surface area contributed by atoms with Crippen LogP contribution in [0.5, 0.6) is 0 Å². The van der Waals surface area contributed by atoms with E-state index < -0.39 is 24.1 Å². The molecule has 0 spiro atoms. The van der Waals surface area contributed by atoms with E-state index in [1.165, 1.54) is 28.9 Å². The zero-order chi connectivity index (χ0) is 55.7. The zero-order valence-corrected chi connectivity index (χ0v) is 50.2. The molecule has 0 aliphatic heterocycles. The van der Waals surface area contributed by atoms with E-state index in [-0.39, 0.29) is 51.2 Å². The SMILES string of the molecule is Cc1cnc(C)c(Cl)n1.Cc1cnc(C)c(N(Cc2ccc(-c3noc(C(F)(F)F)n3)s2)c2cnccn2)n1.Cc1cnc(C)c(Nc2cnccn2)n1.FC(F)(F)c1nc(-c2ccc(CBr)s2)no1.Nc1cnccn1.[B].[U]. The minimum atomic E-state index is -4.69. The van der Waals surface area contributed by atoms with Crippen LogP contribution >= 0.6 is 50.2 Å². The quantitative estimate of drug-likeness (QED) is 0.0772. The summed E-state index contributed by atoms with van der Waals surface area (Å²) in [6, 6.07) is 6.88. The Morgan fingerprint density at radius 1 is 0.595 bits per heavy atom. The van der Waals surface area contributed by atoms with Crippen LogP contribution in [0.2, 0.25) is 5.15 Å². The molecule has 0 unspecified atom stereocenters. The van der Waals surface area contributed by atoms with Crippen LogP contribution in [-0.4, -0.2) is 88.5 Å². The summed E-state index contributed by atoms with van der Waals surface area (Å²) >= 11 is 11.4. The van der Waals surface area contributed by atoms with E-state index in [1.54, 1.807) is 92.4 Å². The molecular weight excluding hydrogens is 1390 g/mol. The average molecular weight is 1430 g/mol. The molecule has 0 fully saturated rings. The topological polar surface area (TPSA) is 274 Å². The van der Waals surface area contributed by atoms with Crippen molar-refractivity contribution in [2.75, 3.05) is 16.0 Å². The Balaban J connectivity index is 0.000000233. The van der Waals surface area contributed by atoms with Crippen molar-refractivity contribution in [2.45, 2.75) is 65.8 Å². The fraction of sp³-hybridized carbons (Fsp3) is 0.217. The van der Waals surface area contributed by atoms with Crippen LogP contribution in [0.3, 0.4) is 0 Å². The van der Waals surface area contributed by atoms with Crippen molar-refractivity contribution in [3.63, 3.8) is 0 Å². The first-order valence-electron chi connectivity index (χ1n) is 21.9. The fourth-order valence-electron chi connectivity index (χ4n) is 5.62. The largest absolute Gasteiger partial charge is 0.471 e. The number of aryl methyl sites for hydroxylation is 6. The Morgan fingerprint density at radius 3 is 1.56 bits per heavy atom. The van der Waals surface area contributed by atoms with E-state index in [2.05, 4.69) is 110 Å². The first-order chi connectivity index (χ1) is 36.7. The van der Waals surface area contributed by atoms with Crippen molar-refractivity contribution < 1.29 is 66.5 Å². The Labute approximate surface area is 493 Å². The van der Waals surface area contributed by atoms with E-state index in [0.717, 1.165) is 44.0 Å². The number of anilines is 5. The minimum Gasteiger partial charge on any atom is -0.382 e. The monoisotopic (exact) mass is 1430 g/mol. The molecule has 10 aromatic rings. The molecule has 0 saturated carbocycles. The van der Waals surface area contributed by atoms with Crippen LogP contribution in [0.1, 0.15) is 55.7 Å². The molecule has 3 N–H and O–H groups in total. The summed E-state index contributed by atoms with van der Waals surface area (Å²) in [5.41, 5.74) is 9.97. The molecule has 0 aliphatic rings. The summed E-state index contributed by atoms with van der Waals surface area (Å²) in [4.78, 5) is 60.7. The molecule has 10 rings (SSSR count). The maximum atomic E-state index is 12.7. The third-order valence-corrected chi connectivity index (χ3v) is 12.6. The van der Waals surface area contributed by atoms with E-state index >= 15 is 0 Å². The van der Waals surface area contributed by atoms with Crippen molar-refractivity contribution in [3.05, 3.63) is 159 Å². The van der Waals surface area contributed by atoms with E-state index in [0.29, 0.717) is 55.7 Å². The fourth-order valence-corrected chi connectivity index (χ4v) is 8.04. The van der Waals surface area contributed by atoms with Crippen LogP contribution < -0.4 is 16.0 Å². The summed E-state index contributed by atoms with van der Waals surface area (Å²) in [6.45, 7) is 11.5. The van der Waals surface area contributed by atoms with Gasteiger partial charge in [-0.15, -0.1) is 22.7 Å². The number of hydrogen-bond acceptors (Lipinski definition) is 23. The number of nitrogens with two attached hydrogens (primary N) is 1. The van der Waals surface area contributed by atoms with Gasteiger partial charge in [-0.05, 0) is 65.8 Å². The van der Waals surface area contributed by atoms with Crippen LogP contribution in [0, 0.1) is 72.7 Å². The first kappa shape index (κ1) is 64.6. The molecule has 79 heavy (non-hydrogen) atoms. The van der Waals surface area contributed by atoms with E-state index in [9.17, 15) is 26.3 Å². The molecule has 10 heterocycles. The van der Waals surface area contributed by atoms with Crippen LogP contribution in [0.25, 0.3) is 21.4 Å². The van der Waals surface area contributed by atoms with Crippen LogP contribution in [0.15, 0.2) is 108 Å². The maximum Gasteiger partial charge on any atom is 0.471 e. The standard InChI is InChI=1S/C18H14F3N7OS.C10H11N5.C8H4BrF3N2OS.C6H7ClN2.C4H5N3.B.U/c1-10-7-24-11(2)16(25-10)28(14-8-22-5-6-23-14)9-12-3-4-13(30-12)15-26-17(29-27-15)18(19,20)21;1-7-5-13-8(2)10(14-7)15-9-6-11-3-4-12-9;9-3-4-1-2-5(16-4)6-13-7(15-14-6)8(10,11)12;1-4-3-8-5(2)6(7)9-4;5-4-3-6-1-2-7-4;;/h3-8H,9H2,1-2H3;3-6H,1-2H3,(H,12,14,15);1-2H,3H2;3H,1-2H3;1-3H,(H2,5,7);;. The normalized spacial score (nSPS) is 10.6. The van der Waals surface area contributed by atoms with Gasteiger partial charge in [0, 0.05) is 110 Å². The van der Waals surface area contributed by atoms with Crippen molar-refractivity contribution in [1.29, 1.82) is 0 Å². The van der Waals surface area contributed by atoms with Crippen molar-refractivity contribution in [1.82, 2.24) is 80.1 Å². The number of nitrogens with one attached hydrogen (secondary N) is 1. The first-order valence-corrected chi connectivity index (χ1v) is 25.0. The Hall–Kier alpha value is -6.97. The average Bonchev–Trinajstić information content (AvgIpc) is 4.27. The number of halogens is 8. The third kappa shape index (κ3) is 20.0. The molecule has 3 radical (unpaired) electrons. The van der Waals surface area contributed by atoms with E-state index in [1.807, 2.05) is 46.4 Å². The number of rotatable bonds is 9. The molecule has 0 atom stereocenters. The number of aromatic nitrogens is 16. The predicted molar refractivity (Wildman–Crippen MR) is 283 cm³/mol.